The molecule has 1 N–H and O–H groups in total. The lowest BCUT2D eigenvalue weighted by Crippen LogP contribution is -2.45. The minimum atomic E-state index is -4.27. The summed E-state index contributed by atoms with van der Waals surface area (Å²) in [4.78, 5) is 2.31. The molecule has 1 saturated heterocycles. The van der Waals surface area contributed by atoms with E-state index in [2.05, 4.69) is 17.1 Å². The van der Waals surface area contributed by atoms with Crippen LogP contribution in [0.3, 0.4) is 0 Å². The van der Waals surface area contributed by atoms with E-state index in [-0.39, 0.29) is 6.04 Å². The van der Waals surface area contributed by atoms with Gasteiger partial charge in [-0.05, 0) is 24.1 Å². The molecule has 118 valence electrons. The van der Waals surface area contributed by atoms with Gasteiger partial charge in [0, 0.05) is 32.2 Å². The second-order valence-electron chi connectivity index (χ2n) is 5.57. The first-order valence-electron chi connectivity index (χ1n) is 7.64. The van der Waals surface area contributed by atoms with Crippen LogP contribution in [-0.4, -0.2) is 31.1 Å². The van der Waals surface area contributed by atoms with Crippen LogP contribution in [0.15, 0.2) is 24.3 Å². The Morgan fingerprint density at radius 3 is 2.57 bits per heavy atom. The zero-order valence-corrected chi connectivity index (χ0v) is 12.4. The van der Waals surface area contributed by atoms with Crippen molar-refractivity contribution >= 4 is 0 Å². The van der Waals surface area contributed by atoms with Gasteiger partial charge in [-0.1, -0.05) is 31.9 Å². The summed E-state index contributed by atoms with van der Waals surface area (Å²) in [6, 6.07) is 5.92. The monoisotopic (exact) mass is 300 g/mol. The fourth-order valence-electron chi connectivity index (χ4n) is 2.87. The zero-order valence-electron chi connectivity index (χ0n) is 12.4. The summed E-state index contributed by atoms with van der Waals surface area (Å²) in [7, 11) is 0. The lowest BCUT2D eigenvalue weighted by atomic mass is 9.97. The highest BCUT2D eigenvalue weighted by Crippen LogP contribution is 2.33. The number of piperazine rings is 1. The molecular formula is C16H23F3N2. The van der Waals surface area contributed by atoms with Crippen LogP contribution in [0.1, 0.15) is 43.4 Å². The van der Waals surface area contributed by atoms with Gasteiger partial charge in [-0.25, -0.2) is 0 Å². The molecule has 0 amide bonds. The number of hydrogen-bond acceptors (Lipinski definition) is 2. The molecule has 5 heteroatoms. The highest BCUT2D eigenvalue weighted by atomic mass is 19.4. The van der Waals surface area contributed by atoms with Crippen LogP contribution in [0.5, 0.6) is 0 Å². The predicted octanol–water partition coefficient (Wildman–Crippen LogP) is 3.84. The largest absolute Gasteiger partial charge is 0.416 e. The number of nitrogens with zero attached hydrogens (tertiary/aromatic N) is 1. The third-order valence-electron chi connectivity index (χ3n) is 4.02. The van der Waals surface area contributed by atoms with Crippen molar-refractivity contribution in [2.45, 2.75) is 38.4 Å². The van der Waals surface area contributed by atoms with E-state index in [0.717, 1.165) is 57.1 Å². The lowest BCUT2D eigenvalue weighted by molar-refractivity contribution is -0.137. The molecule has 0 aliphatic carbocycles. The minimum Gasteiger partial charge on any atom is -0.314 e. The van der Waals surface area contributed by atoms with Crippen molar-refractivity contribution in [2.24, 2.45) is 0 Å². The number of alkyl halides is 3. The SMILES string of the molecule is CCCC[C@H](c1cccc(C(F)(F)F)c1)N1CCNCC1. The van der Waals surface area contributed by atoms with E-state index in [1.165, 1.54) is 12.1 Å². The fourth-order valence-corrected chi connectivity index (χ4v) is 2.87. The van der Waals surface area contributed by atoms with Crippen LogP contribution in [0.4, 0.5) is 13.2 Å². The molecule has 1 atom stereocenters. The van der Waals surface area contributed by atoms with E-state index >= 15 is 0 Å². The first-order valence-corrected chi connectivity index (χ1v) is 7.64. The summed E-state index contributed by atoms with van der Waals surface area (Å²) in [5, 5.41) is 3.29. The third kappa shape index (κ3) is 4.45. The van der Waals surface area contributed by atoms with Crippen molar-refractivity contribution < 1.29 is 13.2 Å². The maximum absolute atomic E-state index is 12.9. The van der Waals surface area contributed by atoms with Crippen LogP contribution < -0.4 is 5.32 Å². The number of unbranched alkanes of at least 4 members (excludes halogenated alkanes) is 1. The number of nitrogens with one attached hydrogen (secondary N) is 1. The van der Waals surface area contributed by atoms with Crippen molar-refractivity contribution in [3.8, 4) is 0 Å². The van der Waals surface area contributed by atoms with Crippen LogP contribution in [0, 0.1) is 0 Å². The number of hydrogen-bond donors (Lipinski definition) is 1. The molecule has 1 aromatic carbocycles. The number of halogens is 3. The standard InChI is InChI=1S/C16H23F3N2/c1-2-3-7-15(21-10-8-20-9-11-21)13-5-4-6-14(12-13)16(17,18)19/h4-6,12,15,20H,2-3,7-11H2,1H3/t15-/m1/s1. The van der Waals surface area contributed by atoms with E-state index in [4.69, 9.17) is 0 Å². The first kappa shape index (κ1) is 16.3. The van der Waals surface area contributed by atoms with Gasteiger partial charge < -0.3 is 5.32 Å². The molecule has 0 aromatic heterocycles. The molecule has 1 heterocycles. The van der Waals surface area contributed by atoms with Crippen LogP contribution in [0.25, 0.3) is 0 Å². The summed E-state index contributed by atoms with van der Waals surface area (Å²) in [5.41, 5.74) is 0.247. The Morgan fingerprint density at radius 2 is 1.95 bits per heavy atom. The first-order chi connectivity index (χ1) is 10.0. The van der Waals surface area contributed by atoms with Gasteiger partial charge in [-0.2, -0.15) is 13.2 Å². The molecular weight excluding hydrogens is 277 g/mol. The summed E-state index contributed by atoms with van der Waals surface area (Å²) >= 11 is 0. The van der Waals surface area contributed by atoms with Crippen LogP contribution in [-0.2, 0) is 6.18 Å². The fraction of sp³-hybridized carbons (Fsp3) is 0.625. The predicted molar refractivity (Wildman–Crippen MR) is 78.2 cm³/mol. The van der Waals surface area contributed by atoms with Crippen molar-refractivity contribution in [3.05, 3.63) is 35.4 Å². The maximum atomic E-state index is 12.9. The maximum Gasteiger partial charge on any atom is 0.416 e. The quantitative estimate of drug-likeness (QED) is 0.889. The zero-order chi connectivity index (χ0) is 15.3. The van der Waals surface area contributed by atoms with E-state index in [9.17, 15) is 13.2 Å². The van der Waals surface area contributed by atoms with Gasteiger partial charge in [-0.15, -0.1) is 0 Å². The Bertz CT molecular complexity index is 439. The average molecular weight is 300 g/mol. The van der Waals surface area contributed by atoms with Crippen molar-refractivity contribution in [2.75, 3.05) is 26.2 Å². The Morgan fingerprint density at radius 1 is 1.24 bits per heavy atom. The topological polar surface area (TPSA) is 15.3 Å². The molecule has 1 aliphatic rings. The third-order valence-corrected chi connectivity index (χ3v) is 4.02. The summed E-state index contributed by atoms with van der Waals surface area (Å²) in [6.07, 6.45) is -1.26. The Hall–Kier alpha value is -1.07. The molecule has 0 unspecified atom stereocenters. The molecule has 2 nitrogen and oxygen atoms in total. The van der Waals surface area contributed by atoms with E-state index in [0.29, 0.717) is 0 Å². The van der Waals surface area contributed by atoms with Gasteiger partial charge in [0.15, 0.2) is 0 Å². The Balaban J connectivity index is 2.22. The molecule has 1 aliphatic heterocycles. The molecule has 1 aromatic rings. The van der Waals surface area contributed by atoms with Crippen molar-refractivity contribution in [1.82, 2.24) is 10.2 Å². The highest BCUT2D eigenvalue weighted by molar-refractivity contribution is 5.28. The summed E-state index contributed by atoms with van der Waals surface area (Å²) in [6.45, 7) is 5.71. The van der Waals surface area contributed by atoms with Crippen molar-refractivity contribution in [1.29, 1.82) is 0 Å². The van der Waals surface area contributed by atoms with Crippen molar-refractivity contribution in [3.63, 3.8) is 0 Å². The average Bonchev–Trinajstić information content (AvgIpc) is 2.48. The summed E-state index contributed by atoms with van der Waals surface area (Å²) < 4.78 is 38.7. The molecule has 2 rings (SSSR count). The van der Waals surface area contributed by atoms with Gasteiger partial charge in [0.2, 0.25) is 0 Å². The molecule has 0 radical (unpaired) electrons. The minimum absolute atomic E-state index is 0.0920. The Labute approximate surface area is 124 Å². The molecule has 0 saturated carbocycles. The molecule has 21 heavy (non-hydrogen) atoms. The summed E-state index contributed by atoms with van der Waals surface area (Å²) in [5.74, 6) is 0. The second kappa shape index (κ2) is 7.27. The molecule has 0 bridgehead atoms. The lowest BCUT2D eigenvalue weighted by Gasteiger charge is -2.35. The van der Waals surface area contributed by atoms with E-state index in [1.54, 1.807) is 0 Å². The normalized spacial score (nSPS) is 18.7. The second-order valence-corrected chi connectivity index (χ2v) is 5.57. The van der Waals surface area contributed by atoms with E-state index < -0.39 is 11.7 Å². The number of benzene rings is 1. The van der Waals surface area contributed by atoms with Gasteiger partial charge in [-0.3, -0.25) is 4.90 Å². The van der Waals surface area contributed by atoms with Gasteiger partial charge in [0.1, 0.15) is 0 Å². The van der Waals surface area contributed by atoms with Crippen LogP contribution in [0.2, 0.25) is 0 Å². The molecule has 0 spiro atoms. The Kier molecular flexibility index (Phi) is 5.65. The van der Waals surface area contributed by atoms with Gasteiger partial charge in [0.05, 0.1) is 5.56 Å². The van der Waals surface area contributed by atoms with Crippen LogP contribution >= 0.6 is 0 Å². The smallest absolute Gasteiger partial charge is 0.314 e. The van der Waals surface area contributed by atoms with Gasteiger partial charge in [0.25, 0.3) is 0 Å². The molecule has 1 fully saturated rings. The number of rotatable bonds is 5. The van der Waals surface area contributed by atoms with Gasteiger partial charge >= 0.3 is 6.18 Å². The van der Waals surface area contributed by atoms with E-state index in [1.807, 2.05) is 6.07 Å². The highest BCUT2D eigenvalue weighted by Gasteiger charge is 2.31.